The summed E-state index contributed by atoms with van der Waals surface area (Å²) in [7, 11) is 0. The standard InChI is InChI=1S/C15H18BrN3O3/c16-12-9-17-5-1-11(12)14(20)18-13-2-6-19(15(13)21)10-3-7-22-8-4-10/h1,5,9-10,13H,2-4,6-8H2,(H,18,20). The van der Waals surface area contributed by atoms with E-state index in [2.05, 4.69) is 26.2 Å². The Morgan fingerprint density at radius 3 is 2.86 bits per heavy atom. The molecule has 2 saturated heterocycles. The molecule has 2 fully saturated rings. The minimum absolute atomic E-state index is 0.0189. The minimum Gasteiger partial charge on any atom is -0.381 e. The predicted octanol–water partition coefficient (Wildman–Crippen LogP) is 1.35. The molecule has 1 unspecified atom stereocenters. The van der Waals surface area contributed by atoms with Gasteiger partial charge in [0.25, 0.3) is 5.91 Å². The maximum atomic E-state index is 12.5. The van der Waals surface area contributed by atoms with E-state index in [0.717, 1.165) is 12.8 Å². The van der Waals surface area contributed by atoms with Crippen LogP contribution in [0.2, 0.25) is 0 Å². The quantitative estimate of drug-likeness (QED) is 0.875. The van der Waals surface area contributed by atoms with Crippen LogP contribution in [0.25, 0.3) is 0 Å². The SMILES string of the molecule is O=C(NC1CCN(C2CCOCC2)C1=O)c1ccncc1Br. The molecule has 7 heteroatoms. The second-order valence-electron chi connectivity index (χ2n) is 5.55. The van der Waals surface area contributed by atoms with Crippen LogP contribution in [-0.4, -0.2) is 53.5 Å². The summed E-state index contributed by atoms with van der Waals surface area (Å²) in [6.07, 6.45) is 5.54. The Kier molecular flexibility index (Phi) is 4.73. The van der Waals surface area contributed by atoms with E-state index in [-0.39, 0.29) is 17.9 Å². The number of likely N-dealkylation sites (tertiary alicyclic amines) is 1. The lowest BCUT2D eigenvalue weighted by Gasteiger charge is -2.31. The van der Waals surface area contributed by atoms with Gasteiger partial charge in [0.05, 0.1) is 5.56 Å². The van der Waals surface area contributed by atoms with Crippen molar-refractivity contribution in [3.8, 4) is 0 Å². The number of hydrogen-bond donors (Lipinski definition) is 1. The highest BCUT2D eigenvalue weighted by Gasteiger charge is 2.37. The number of ether oxygens (including phenoxy) is 1. The van der Waals surface area contributed by atoms with E-state index in [4.69, 9.17) is 4.74 Å². The smallest absolute Gasteiger partial charge is 0.253 e. The topological polar surface area (TPSA) is 71.5 Å². The van der Waals surface area contributed by atoms with Crippen molar-refractivity contribution in [1.82, 2.24) is 15.2 Å². The molecule has 1 N–H and O–H groups in total. The molecule has 1 aromatic heterocycles. The highest BCUT2D eigenvalue weighted by atomic mass is 79.9. The summed E-state index contributed by atoms with van der Waals surface area (Å²) in [5.41, 5.74) is 0.493. The molecule has 22 heavy (non-hydrogen) atoms. The van der Waals surface area contributed by atoms with Crippen LogP contribution >= 0.6 is 15.9 Å². The van der Waals surface area contributed by atoms with Crippen LogP contribution in [0.3, 0.4) is 0 Å². The van der Waals surface area contributed by atoms with E-state index in [0.29, 0.717) is 36.2 Å². The Hall–Kier alpha value is -1.47. The molecule has 3 rings (SSSR count). The van der Waals surface area contributed by atoms with Crippen molar-refractivity contribution in [1.29, 1.82) is 0 Å². The number of amides is 2. The molecular weight excluding hydrogens is 350 g/mol. The lowest BCUT2D eigenvalue weighted by Crippen LogP contribution is -2.46. The first-order chi connectivity index (χ1) is 10.7. The largest absolute Gasteiger partial charge is 0.381 e. The molecule has 0 aromatic carbocycles. The third kappa shape index (κ3) is 3.15. The van der Waals surface area contributed by atoms with Crippen molar-refractivity contribution in [3.63, 3.8) is 0 Å². The van der Waals surface area contributed by atoms with Crippen LogP contribution in [0.15, 0.2) is 22.9 Å². The van der Waals surface area contributed by atoms with E-state index in [1.165, 1.54) is 0 Å². The second kappa shape index (κ2) is 6.75. The maximum Gasteiger partial charge on any atom is 0.253 e. The lowest BCUT2D eigenvalue weighted by molar-refractivity contribution is -0.132. The molecular formula is C15H18BrN3O3. The Labute approximate surface area is 137 Å². The van der Waals surface area contributed by atoms with Crippen molar-refractivity contribution in [2.45, 2.75) is 31.3 Å². The predicted molar refractivity (Wildman–Crippen MR) is 83.4 cm³/mol. The van der Waals surface area contributed by atoms with Gasteiger partial charge in [0.1, 0.15) is 6.04 Å². The third-order valence-electron chi connectivity index (χ3n) is 4.19. The van der Waals surface area contributed by atoms with Crippen LogP contribution in [0.1, 0.15) is 29.6 Å². The minimum atomic E-state index is -0.435. The van der Waals surface area contributed by atoms with Gasteiger partial charge in [0, 0.05) is 42.7 Å². The number of carbonyl (C=O) groups is 2. The fraction of sp³-hybridized carbons (Fsp3) is 0.533. The summed E-state index contributed by atoms with van der Waals surface area (Å²) in [6.45, 7) is 2.11. The fourth-order valence-electron chi connectivity index (χ4n) is 2.99. The summed E-state index contributed by atoms with van der Waals surface area (Å²) in [5.74, 6) is -0.230. The monoisotopic (exact) mass is 367 g/mol. The molecule has 0 bridgehead atoms. The van der Waals surface area contributed by atoms with Crippen molar-refractivity contribution in [2.24, 2.45) is 0 Å². The Morgan fingerprint density at radius 2 is 2.14 bits per heavy atom. The summed E-state index contributed by atoms with van der Waals surface area (Å²) in [4.78, 5) is 30.6. The van der Waals surface area contributed by atoms with Crippen molar-refractivity contribution in [2.75, 3.05) is 19.8 Å². The Bertz CT molecular complexity index is 575. The Balaban J connectivity index is 1.63. The van der Waals surface area contributed by atoms with E-state index >= 15 is 0 Å². The molecule has 2 amide bonds. The number of halogens is 1. The lowest BCUT2D eigenvalue weighted by atomic mass is 10.1. The average molecular weight is 368 g/mol. The van der Waals surface area contributed by atoms with E-state index < -0.39 is 6.04 Å². The maximum absolute atomic E-state index is 12.5. The number of rotatable bonds is 3. The number of carbonyl (C=O) groups excluding carboxylic acids is 2. The number of aromatic nitrogens is 1. The molecule has 118 valence electrons. The molecule has 6 nitrogen and oxygen atoms in total. The fourth-order valence-corrected chi connectivity index (χ4v) is 3.42. The van der Waals surface area contributed by atoms with Crippen molar-refractivity contribution in [3.05, 3.63) is 28.5 Å². The third-order valence-corrected chi connectivity index (χ3v) is 4.83. The molecule has 2 aliphatic heterocycles. The van der Waals surface area contributed by atoms with Gasteiger partial charge in [-0.05, 0) is 41.3 Å². The van der Waals surface area contributed by atoms with Gasteiger partial charge in [0.15, 0.2) is 0 Å². The first-order valence-corrected chi connectivity index (χ1v) is 8.24. The first-order valence-electron chi connectivity index (χ1n) is 7.45. The zero-order valence-electron chi connectivity index (χ0n) is 12.1. The van der Waals surface area contributed by atoms with Gasteiger partial charge in [-0.1, -0.05) is 0 Å². The number of hydrogen-bond acceptors (Lipinski definition) is 4. The highest BCUT2D eigenvalue weighted by Crippen LogP contribution is 2.22. The van der Waals surface area contributed by atoms with Gasteiger partial charge in [-0.15, -0.1) is 0 Å². The number of nitrogens with zero attached hydrogens (tertiary/aromatic N) is 2. The first kappa shape index (κ1) is 15.4. The van der Waals surface area contributed by atoms with Crippen LogP contribution in [0, 0.1) is 0 Å². The van der Waals surface area contributed by atoms with Crippen LogP contribution < -0.4 is 5.32 Å². The van der Waals surface area contributed by atoms with Crippen LogP contribution in [0.4, 0.5) is 0 Å². The summed E-state index contributed by atoms with van der Waals surface area (Å²) in [5, 5.41) is 2.84. The second-order valence-corrected chi connectivity index (χ2v) is 6.40. The summed E-state index contributed by atoms with van der Waals surface area (Å²) >= 11 is 3.30. The number of pyridine rings is 1. The van der Waals surface area contributed by atoms with Gasteiger partial charge >= 0.3 is 0 Å². The zero-order chi connectivity index (χ0) is 15.5. The van der Waals surface area contributed by atoms with Gasteiger partial charge in [-0.2, -0.15) is 0 Å². The number of nitrogens with one attached hydrogen (secondary N) is 1. The molecule has 0 aliphatic carbocycles. The molecule has 0 spiro atoms. The van der Waals surface area contributed by atoms with Crippen molar-refractivity contribution >= 4 is 27.7 Å². The zero-order valence-corrected chi connectivity index (χ0v) is 13.7. The molecule has 3 heterocycles. The molecule has 0 radical (unpaired) electrons. The van der Waals surface area contributed by atoms with Crippen molar-refractivity contribution < 1.29 is 14.3 Å². The molecule has 0 saturated carbocycles. The van der Waals surface area contributed by atoms with E-state index in [1.807, 2.05) is 4.90 Å². The Morgan fingerprint density at radius 1 is 1.36 bits per heavy atom. The summed E-state index contributed by atoms with van der Waals surface area (Å²) in [6, 6.07) is 1.45. The molecule has 1 aromatic rings. The average Bonchev–Trinajstić information content (AvgIpc) is 2.89. The summed E-state index contributed by atoms with van der Waals surface area (Å²) < 4.78 is 5.96. The van der Waals surface area contributed by atoms with Crippen LogP contribution in [-0.2, 0) is 9.53 Å². The molecule has 2 aliphatic rings. The molecule has 1 atom stereocenters. The van der Waals surface area contributed by atoms with Gasteiger partial charge in [-0.3, -0.25) is 14.6 Å². The van der Waals surface area contributed by atoms with Gasteiger partial charge in [-0.25, -0.2) is 0 Å². The highest BCUT2D eigenvalue weighted by molar-refractivity contribution is 9.10. The normalized spacial score (nSPS) is 22.9. The van der Waals surface area contributed by atoms with E-state index in [9.17, 15) is 9.59 Å². The van der Waals surface area contributed by atoms with Gasteiger partial charge in [0.2, 0.25) is 5.91 Å². The van der Waals surface area contributed by atoms with Gasteiger partial charge < -0.3 is 15.0 Å². The van der Waals surface area contributed by atoms with Crippen LogP contribution in [0.5, 0.6) is 0 Å². The van der Waals surface area contributed by atoms with E-state index in [1.54, 1.807) is 18.5 Å².